The van der Waals surface area contributed by atoms with E-state index in [1.165, 1.54) is 36.0 Å². The number of carbonyl (C=O) groups excluding carboxylic acids is 4. The van der Waals surface area contributed by atoms with Crippen molar-refractivity contribution in [3.05, 3.63) is 148 Å². The fourth-order valence-corrected chi connectivity index (χ4v) is 12.3. The third kappa shape index (κ3) is 19.6. The van der Waals surface area contributed by atoms with Crippen molar-refractivity contribution in [1.29, 1.82) is 0 Å². The van der Waals surface area contributed by atoms with E-state index in [0.717, 1.165) is 25.0 Å². The SMILES string of the molecule is CC(=O)N[C@H]1[C@H]([C@H](O)[C@H](O)CNc2c(NCc3ccccc3)c(=O)c2=O)O[C@@](OCCCSCCNC(=O)c2ccc(C(=O)NCC[S+]([O-])CCCO[C@]3(C(=O)O)C[C@H](O)[C@@H](NC(C)=O)[C@H]([C@H](O)[C@H](O)CNc4c(NCc5ccccc5)c(=O)c4=O)O3)cc2)(C(=O)O)C[C@@H]1O. The highest BCUT2D eigenvalue weighted by atomic mass is 32.2. The molecule has 0 spiro atoms. The van der Waals surface area contributed by atoms with Crippen LogP contribution in [-0.4, -0.2) is 216 Å². The van der Waals surface area contributed by atoms with Gasteiger partial charge in [0.25, 0.3) is 45.1 Å². The molecule has 1 unspecified atom stereocenters. The number of carboxylic acid groups (broad SMARTS) is 2. The summed E-state index contributed by atoms with van der Waals surface area (Å²) < 4.78 is 35.9. The van der Waals surface area contributed by atoms with Gasteiger partial charge in [0, 0.05) is 82.7 Å². The molecule has 2 saturated heterocycles. The van der Waals surface area contributed by atoms with Crippen LogP contribution in [0.15, 0.2) is 104 Å². The van der Waals surface area contributed by atoms with Crippen LogP contribution in [0.2, 0.25) is 0 Å². The number of anilines is 4. The first-order valence-corrected chi connectivity index (χ1v) is 32.9. The van der Waals surface area contributed by atoms with Crippen molar-refractivity contribution in [1.82, 2.24) is 21.3 Å². The van der Waals surface area contributed by atoms with Gasteiger partial charge in [-0.1, -0.05) is 71.8 Å². The Hall–Kier alpha value is -7.90. The summed E-state index contributed by atoms with van der Waals surface area (Å²) in [6.07, 6.45) is -15.8. The summed E-state index contributed by atoms with van der Waals surface area (Å²) in [7, 11) is 0. The zero-order valence-electron chi connectivity index (χ0n) is 51.7. The number of nitrogens with one attached hydrogen (secondary N) is 8. The summed E-state index contributed by atoms with van der Waals surface area (Å²) in [5.74, 6) is -10.2. The van der Waals surface area contributed by atoms with Gasteiger partial charge in [-0.3, -0.25) is 38.4 Å². The highest BCUT2D eigenvalue weighted by molar-refractivity contribution is 7.99. The highest BCUT2D eigenvalue weighted by Crippen LogP contribution is 2.36. The molecule has 516 valence electrons. The van der Waals surface area contributed by atoms with Crippen LogP contribution in [0.25, 0.3) is 0 Å². The Morgan fingerprint density at radius 3 is 1.36 bits per heavy atom. The van der Waals surface area contributed by atoms with Gasteiger partial charge in [0.05, 0.1) is 56.3 Å². The number of ether oxygens (including phenoxy) is 4. The smallest absolute Gasteiger partial charge is 0.364 e. The van der Waals surface area contributed by atoms with Gasteiger partial charge >= 0.3 is 11.9 Å². The van der Waals surface area contributed by atoms with Crippen molar-refractivity contribution in [2.75, 3.05) is 83.7 Å². The van der Waals surface area contributed by atoms with Gasteiger partial charge in [-0.05, 0) is 47.6 Å². The van der Waals surface area contributed by atoms with E-state index in [0.29, 0.717) is 11.5 Å². The molecule has 2 fully saturated rings. The predicted molar refractivity (Wildman–Crippen MR) is 346 cm³/mol. The van der Waals surface area contributed by atoms with E-state index in [4.69, 9.17) is 18.9 Å². The lowest BCUT2D eigenvalue weighted by atomic mass is 9.88. The number of rotatable bonds is 38. The van der Waals surface area contributed by atoms with E-state index in [1.54, 1.807) is 54.6 Å². The van der Waals surface area contributed by atoms with E-state index in [1.807, 2.05) is 6.07 Å². The van der Waals surface area contributed by atoms with Gasteiger partial charge in [-0.25, -0.2) is 9.59 Å². The maximum absolute atomic E-state index is 12.9. The van der Waals surface area contributed by atoms with Gasteiger partial charge in [-0.2, -0.15) is 11.8 Å². The van der Waals surface area contributed by atoms with Crippen LogP contribution in [0.1, 0.15) is 71.4 Å². The maximum Gasteiger partial charge on any atom is 0.364 e. The molecule has 0 radical (unpaired) electrons. The lowest BCUT2D eigenvalue weighted by Crippen LogP contribution is -2.68. The van der Waals surface area contributed by atoms with E-state index >= 15 is 0 Å². The Balaban J connectivity index is 0.790. The number of benzene rings is 3. The van der Waals surface area contributed by atoms with Crippen molar-refractivity contribution in [3.63, 3.8) is 0 Å². The quantitative estimate of drug-likeness (QED) is 0.0109. The first kappa shape index (κ1) is 74.5. The Bertz CT molecular complexity index is 3560. The number of aliphatic hydroxyl groups is 6. The topological polar surface area (TPSA) is 489 Å². The molecule has 5 aromatic carbocycles. The lowest BCUT2D eigenvalue weighted by molar-refractivity contribution is -0.310. The van der Waals surface area contributed by atoms with Crippen LogP contribution in [0.4, 0.5) is 22.7 Å². The van der Waals surface area contributed by atoms with E-state index in [9.17, 15) is 93.4 Å². The maximum atomic E-state index is 12.9. The van der Waals surface area contributed by atoms with Crippen LogP contribution in [0, 0.1) is 0 Å². The molecule has 0 saturated carbocycles. The van der Waals surface area contributed by atoms with Crippen molar-refractivity contribution in [2.45, 2.75) is 125 Å². The van der Waals surface area contributed by atoms with Crippen molar-refractivity contribution in [3.8, 4) is 0 Å². The van der Waals surface area contributed by atoms with E-state index in [-0.39, 0.29) is 91.0 Å². The third-order valence-corrected chi connectivity index (χ3v) is 18.1. The number of thioether (sulfide) groups is 1. The number of carboxylic acids is 2. The summed E-state index contributed by atoms with van der Waals surface area (Å²) >= 11 is -0.191. The standard InChI is InChI=1S/C62H78N8O23S2/c1-33(71)69-43-39(73)27-61(59(85)86,92-55(43)49(77)41(75)31-67-47-45(51(79)53(47)81)65-29-35-11-5-3-6-12-35)90-21-9-23-94-24-19-63-57(83)37-15-17-38(18-16-37)58(84)64-20-26-95(89)25-10-22-91-62(60(87)88)28-40(74)44(70-34(2)72)56(93-62)50(78)42(76)32-68-48-46(52(80)54(48)82)66-30-36-13-7-4-8-14-36/h3-8,11-18,39-44,49-50,55-56,65-68,73-78H,9-10,19-32H2,1-2H3,(H,63,83)(H,64,84)(H,69,71)(H,70,72)(H,85,86)(H,87,88)/t39-,40-,41+,42+,43+,44+,49+,50+,55+,56+,61+,62+,95?/m0/s1. The summed E-state index contributed by atoms with van der Waals surface area (Å²) in [5.41, 5.74) is -1.73. The third-order valence-electron chi connectivity index (χ3n) is 15.6. The van der Waals surface area contributed by atoms with Crippen LogP contribution >= 0.6 is 11.8 Å². The van der Waals surface area contributed by atoms with Crippen LogP contribution in [0.3, 0.4) is 0 Å². The minimum Gasteiger partial charge on any atom is -0.616 e. The molecule has 95 heavy (non-hydrogen) atoms. The number of aliphatic carboxylic acids is 2. The van der Waals surface area contributed by atoms with E-state index < -0.39 is 173 Å². The zero-order chi connectivity index (χ0) is 69.1. The Kier molecular flexibility index (Phi) is 27.2. The normalized spacial score (nSPS) is 22.7. The average molecular weight is 1370 g/mol. The summed E-state index contributed by atoms with van der Waals surface area (Å²) in [5, 5.41) is 109. The monoisotopic (exact) mass is 1370 g/mol. The van der Waals surface area contributed by atoms with Crippen LogP contribution < -0.4 is 64.2 Å². The summed E-state index contributed by atoms with van der Waals surface area (Å²) in [4.78, 5) is 125. The fourth-order valence-electron chi connectivity index (χ4n) is 10.6. The first-order chi connectivity index (χ1) is 45.3. The van der Waals surface area contributed by atoms with Gasteiger partial charge in [-0.15, -0.1) is 0 Å². The largest absolute Gasteiger partial charge is 0.616 e. The number of carbonyl (C=O) groups is 6. The Morgan fingerprint density at radius 1 is 0.568 bits per heavy atom. The second kappa shape index (κ2) is 34.7. The molecule has 0 aliphatic carbocycles. The molecule has 31 nitrogen and oxygen atoms in total. The Morgan fingerprint density at radius 2 is 0.958 bits per heavy atom. The van der Waals surface area contributed by atoms with Crippen molar-refractivity contribution < 1.29 is 93.1 Å². The molecule has 2 aliphatic rings. The average Bonchev–Trinajstić information content (AvgIpc) is 0.802. The van der Waals surface area contributed by atoms with E-state index in [2.05, 4.69) is 42.5 Å². The predicted octanol–water partition coefficient (Wildman–Crippen LogP) is -2.60. The van der Waals surface area contributed by atoms with Crippen LogP contribution in [0.5, 0.6) is 0 Å². The van der Waals surface area contributed by atoms with Gasteiger partial charge in [0.2, 0.25) is 11.8 Å². The summed E-state index contributed by atoms with van der Waals surface area (Å²) in [6.45, 7) is 1.05. The molecular weight excluding hydrogens is 1290 g/mol. The summed E-state index contributed by atoms with van der Waals surface area (Å²) in [6, 6.07) is 20.8. The molecule has 4 amide bonds. The second-order valence-corrected chi connectivity index (χ2v) is 25.5. The molecule has 0 bridgehead atoms. The molecular formula is C62H78N8O23S2. The molecule has 7 rings (SSSR count). The lowest BCUT2D eigenvalue weighted by Gasteiger charge is -2.46. The first-order valence-electron chi connectivity index (χ1n) is 30.3. The fraction of sp³-hybridized carbons (Fsp3) is 0.484. The van der Waals surface area contributed by atoms with Crippen LogP contribution in [-0.2, 0) is 62.4 Å². The Labute approximate surface area is 550 Å². The van der Waals surface area contributed by atoms with Crippen molar-refractivity contribution >= 4 is 81.3 Å². The molecule has 2 aliphatic heterocycles. The van der Waals surface area contributed by atoms with Crippen molar-refractivity contribution in [2.24, 2.45) is 0 Å². The van der Waals surface area contributed by atoms with Gasteiger partial charge in [0.1, 0.15) is 58.7 Å². The van der Waals surface area contributed by atoms with Gasteiger partial charge in [0.15, 0.2) is 0 Å². The number of hydrogen-bond acceptors (Lipinski definition) is 26. The molecule has 5 aromatic rings. The molecule has 0 aromatic heterocycles. The minimum atomic E-state index is -2.63. The van der Waals surface area contributed by atoms with Gasteiger partial charge < -0.3 is 107 Å². The highest BCUT2D eigenvalue weighted by Gasteiger charge is 2.57. The number of aliphatic hydroxyl groups excluding tert-OH is 6. The second-order valence-electron chi connectivity index (χ2n) is 22.6. The number of amides is 4. The molecule has 2 heterocycles. The molecule has 33 heteroatoms. The zero-order valence-corrected chi connectivity index (χ0v) is 53.3. The molecule has 16 N–H and O–H groups in total. The number of hydrogen-bond donors (Lipinski definition) is 16. The molecule has 13 atom stereocenters. The minimum absolute atomic E-state index is 0.0114.